The van der Waals surface area contributed by atoms with Gasteiger partial charge in [-0.25, -0.2) is 4.79 Å². The fourth-order valence-corrected chi connectivity index (χ4v) is 3.05. The average molecular weight is 228 g/mol. The van der Waals surface area contributed by atoms with Crippen LogP contribution in [0.3, 0.4) is 0 Å². The van der Waals surface area contributed by atoms with Crippen molar-refractivity contribution in [2.24, 2.45) is 5.92 Å². The fourth-order valence-electron chi connectivity index (χ4n) is 3.05. The summed E-state index contributed by atoms with van der Waals surface area (Å²) in [5.41, 5.74) is 5.75. The van der Waals surface area contributed by atoms with Gasteiger partial charge in [-0.1, -0.05) is 24.3 Å². The second-order valence-corrected chi connectivity index (χ2v) is 5.12. The number of rotatable bonds is 0. The largest absolute Gasteiger partial charge is 0.453 e. The van der Waals surface area contributed by atoms with Gasteiger partial charge in [0.2, 0.25) is 0 Å². The topological polar surface area (TPSA) is 26.3 Å². The van der Waals surface area contributed by atoms with Gasteiger partial charge in [0.15, 0.2) is 0 Å². The van der Waals surface area contributed by atoms with Gasteiger partial charge in [0.25, 0.3) is 0 Å². The van der Waals surface area contributed by atoms with Gasteiger partial charge in [-0.3, -0.25) is 0 Å². The first kappa shape index (κ1) is 10.6. The maximum atomic E-state index is 11.6. The average Bonchev–Trinajstić information content (AvgIpc) is 2.75. The second-order valence-electron chi connectivity index (χ2n) is 5.12. The molecule has 2 heteroatoms. The lowest BCUT2D eigenvalue weighted by Gasteiger charge is -2.18. The van der Waals surface area contributed by atoms with Crippen molar-refractivity contribution in [3.8, 4) is 0 Å². The van der Waals surface area contributed by atoms with Crippen molar-refractivity contribution in [1.82, 2.24) is 0 Å². The fraction of sp³-hybridized carbons (Fsp3) is 0.400. The molecule has 88 valence electrons. The SMILES string of the molecule is C=C1C(=O)OC2C3=C(C)C=CC3=C(C)CCC12. The quantitative estimate of drug-likeness (QED) is 0.470. The van der Waals surface area contributed by atoms with E-state index in [4.69, 9.17) is 4.74 Å². The van der Waals surface area contributed by atoms with Gasteiger partial charge in [0, 0.05) is 17.1 Å². The van der Waals surface area contributed by atoms with Crippen molar-refractivity contribution in [2.75, 3.05) is 0 Å². The summed E-state index contributed by atoms with van der Waals surface area (Å²) >= 11 is 0. The molecule has 1 aliphatic heterocycles. The van der Waals surface area contributed by atoms with Crippen LogP contribution in [0.4, 0.5) is 0 Å². The molecule has 0 aromatic heterocycles. The van der Waals surface area contributed by atoms with E-state index in [0.29, 0.717) is 5.57 Å². The maximum Gasteiger partial charge on any atom is 0.334 e. The minimum Gasteiger partial charge on any atom is -0.453 e. The summed E-state index contributed by atoms with van der Waals surface area (Å²) in [6.07, 6.45) is 6.16. The molecule has 0 radical (unpaired) electrons. The Kier molecular flexibility index (Phi) is 2.15. The van der Waals surface area contributed by atoms with Gasteiger partial charge in [-0.2, -0.15) is 0 Å². The van der Waals surface area contributed by atoms with E-state index in [1.807, 2.05) is 0 Å². The molecule has 0 spiro atoms. The van der Waals surface area contributed by atoms with Crippen LogP contribution in [0.1, 0.15) is 26.7 Å². The van der Waals surface area contributed by atoms with E-state index in [9.17, 15) is 4.79 Å². The summed E-state index contributed by atoms with van der Waals surface area (Å²) in [5.74, 6) is -0.0501. The third kappa shape index (κ3) is 1.36. The summed E-state index contributed by atoms with van der Waals surface area (Å²) in [5, 5.41) is 0. The predicted octanol–water partition coefficient (Wildman–Crippen LogP) is 3.08. The van der Waals surface area contributed by atoms with Crippen LogP contribution in [0, 0.1) is 5.92 Å². The lowest BCUT2D eigenvalue weighted by Crippen LogP contribution is -2.18. The molecule has 3 aliphatic rings. The Morgan fingerprint density at radius 1 is 1.35 bits per heavy atom. The molecule has 0 aromatic rings. The lowest BCUT2D eigenvalue weighted by atomic mass is 9.88. The Balaban J connectivity index is 2.13. The maximum absolute atomic E-state index is 11.6. The first-order valence-electron chi connectivity index (χ1n) is 6.08. The standard InChI is InChI=1S/C15H16O2/c1-8-4-7-12-10(3)15(16)17-14(12)13-9(2)5-6-11(8)13/h5-6,12,14H,3-4,7H2,1-2H3. The Labute approximate surface area is 101 Å². The lowest BCUT2D eigenvalue weighted by molar-refractivity contribution is -0.137. The molecule has 1 heterocycles. The smallest absolute Gasteiger partial charge is 0.334 e. The van der Waals surface area contributed by atoms with E-state index < -0.39 is 0 Å². The molecule has 3 rings (SSSR count). The van der Waals surface area contributed by atoms with Gasteiger partial charge < -0.3 is 4.74 Å². The van der Waals surface area contributed by atoms with Crippen LogP contribution < -0.4 is 0 Å². The van der Waals surface area contributed by atoms with E-state index in [-0.39, 0.29) is 18.0 Å². The number of ether oxygens (including phenoxy) is 1. The minimum atomic E-state index is -0.217. The third-order valence-corrected chi connectivity index (χ3v) is 4.10. The van der Waals surface area contributed by atoms with Gasteiger partial charge in [0.05, 0.1) is 0 Å². The van der Waals surface area contributed by atoms with E-state index >= 15 is 0 Å². The first-order chi connectivity index (χ1) is 8.09. The minimum absolute atomic E-state index is 0.0996. The van der Waals surface area contributed by atoms with Crippen LogP contribution in [-0.2, 0) is 9.53 Å². The number of allylic oxidation sites excluding steroid dienone is 4. The highest BCUT2D eigenvalue weighted by atomic mass is 16.6. The molecule has 0 aromatic carbocycles. The van der Waals surface area contributed by atoms with Crippen LogP contribution in [0.5, 0.6) is 0 Å². The molecule has 2 atom stereocenters. The number of hydrogen-bond donors (Lipinski definition) is 0. The number of hydrogen-bond acceptors (Lipinski definition) is 2. The molecule has 2 nitrogen and oxygen atoms in total. The van der Waals surface area contributed by atoms with Crippen molar-refractivity contribution in [1.29, 1.82) is 0 Å². The van der Waals surface area contributed by atoms with E-state index in [1.165, 1.54) is 22.3 Å². The Hall–Kier alpha value is -1.57. The molecular weight excluding hydrogens is 212 g/mol. The van der Waals surface area contributed by atoms with Crippen molar-refractivity contribution >= 4 is 5.97 Å². The van der Waals surface area contributed by atoms with E-state index in [2.05, 4.69) is 32.6 Å². The summed E-state index contributed by atoms with van der Waals surface area (Å²) in [6, 6.07) is 0. The highest BCUT2D eigenvalue weighted by Gasteiger charge is 2.43. The van der Waals surface area contributed by atoms with Gasteiger partial charge in [-0.15, -0.1) is 0 Å². The van der Waals surface area contributed by atoms with Gasteiger partial charge in [0.1, 0.15) is 6.10 Å². The summed E-state index contributed by atoms with van der Waals surface area (Å²) < 4.78 is 5.52. The molecule has 2 unspecified atom stereocenters. The Bertz CT molecular complexity index is 517. The highest BCUT2D eigenvalue weighted by Crippen LogP contribution is 2.45. The normalized spacial score (nSPS) is 31.6. The van der Waals surface area contributed by atoms with Crippen LogP contribution in [0.25, 0.3) is 0 Å². The predicted molar refractivity (Wildman–Crippen MR) is 66.3 cm³/mol. The molecule has 0 N–H and O–H groups in total. The van der Waals surface area contributed by atoms with E-state index in [1.54, 1.807) is 0 Å². The second kappa shape index (κ2) is 3.46. The number of esters is 1. The summed E-state index contributed by atoms with van der Waals surface area (Å²) in [6.45, 7) is 8.15. The summed E-state index contributed by atoms with van der Waals surface area (Å²) in [4.78, 5) is 11.6. The molecule has 0 bridgehead atoms. The zero-order valence-electron chi connectivity index (χ0n) is 10.2. The number of carbonyl (C=O) groups excluding carboxylic acids is 1. The van der Waals surface area contributed by atoms with Crippen LogP contribution in [0.2, 0.25) is 0 Å². The van der Waals surface area contributed by atoms with Crippen LogP contribution in [0.15, 0.2) is 46.6 Å². The van der Waals surface area contributed by atoms with Crippen molar-refractivity contribution < 1.29 is 9.53 Å². The highest BCUT2D eigenvalue weighted by molar-refractivity contribution is 5.91. The molecule has 0 amide bonds. The Morgan fingerprint density at radius 2 is 2.12 bits per heavy atom. The van der Waals surface area contributed by atoms with Crippen LogP contribution in [-0.4, -0.2) is 12.1 Å². The molecule has 1 fully saturated rings. The van der Waals surface area contributed by atoms with Gasteiger partial charge in [-0.05, 0) is 37.8 Å². The number of carbonyl (C=O) groups is 1. The monoisotopic (exact) mass is 228 g/mol. The number of fused-ring (bicyclic) bond motifs is 3. The van der Waals surface area contributed by atoms with Crippen molar-refractivity contribution in [3.05, 3.63) is 46.6 Å². The molecular formula is C15H16O2. The van der Waals surface area contributed by atoms with Crippen molar-refractivity contribution in [2.45, 2.75) is 32.8 Å². The van der Waals surface area contributed by atoms with Gasteiger partial charge >= 0.3 is 5.97 Å². The zero-order chi connectivity index (χ0) is 12.2. The molecule has 1 saturated heterocycles. The zero-order valence-corrected chi connectivity index (χ0v) is 10.2. The molecule has 17 heavy (non-hydrogen) atoms. The molecule has 2 aliphatic carbocycles. The summed E-state index contributed by atoms with van der Waals surface area (Å²) in [7, 11) is 0. The first-order valence-corrected chi connectivity index (χ1v) is 6.08. The van der Waals surface area contributed by atoms with Crippen LogP contribution >= 0.6 is 0 Å². The van der Waals surface area contributed by atoms with E-state index in [0.717, 1.165) is 12.8 Å². The Morgan fingerprint density at radius 3 is 2.88 bits per heavy atom. The van der Waals surface area contributed by atoms with Crippen molar-refractivity contribution in [3.63, 3.8) is 0 Å². The third-order valence-electron chi connectivity index (χ3n) is 4.10. The molecule has 0 saturated carbocycles.